The standard InChI is InChI=1S/C52H41NO/c1-51(2)42-15-8-5-12-37(42)41-31-36(27-28-44(41)51)53(46-18-11-17-45-50(46)38-13-6-9-16-43(38)52(45,3)4)35-25-22-32(23-26-35)34-21-20-33-24-29-48-49(40(33)30-34)39-14-7-10-19-47(39)54-48/h5-8,10-15,17-31H,9,16H2,1-4H3. The van der Waals surface area contributed by atoms with Crippen LogP contribution in [0.1, 0.15) is 62.8 Å². The Morgan fingerprint density at radius 3 is 2.19 bits per heavy atom. The molecule has 0 amide bonds. The maximum atomic E-state index is 6.26. The highest BCUT2D eigenvalue weighted by Crippen LogP contribution is 2.56. The summed E-state index contributed by atoms with van der Waals surface area (Å²) in [7, 11) is 0. The number of furan rings is 1. The summed E-state index contributed by atoms with van der Waals surface area (Å²) in [5.41, 5.74) is 18.9. The van der Waals surface area contributed by atoms with Crippen molar-refractivity contribution in [2.75, 3.05) is 4.90 Å². The minimum absolute atomic E-state index is 0.0102. The third-order valence-electron chi connectivity index (χ3n) is 12.8. The zero-order valence-electron chi connectivity index (χ0n) is 31.2. The Kier molecular flexibility index (Phi) is 6.51. The Balaban J connectivity index is 1.09. The second kappa shape index (κ2) is 11.2. The van der Waals surface area contributed by atoms with Crippen molar-refractivity contribution >= 4 is 55.3 Å². The van der Waals surface area contributed by atoms with Crippen molar-refractivity contribution in [1.29, 1.82) is 0 Å². The average molecular weight is 696 g/mol. The van der Waals surface area contributed by atoms with Gasteiger partial charge in [0.15, 0.2) is 0 Å². The molecule has 1 heterocycles. The second-order valence-electron chi connectivity index (χ2n) is 16.4. The van der Waals surface area contributed by atoms with Gasteiger partial charge in [-0.1, -0.05) is 136 Å². The molecule has 54 heavy (non-hydrogen) atoms. The lowest BCUT2D eigenvalue weighted by molar-refractivity contribution is 0.607. The van der Waals surface area contributed by atoms with Crippen LogP contribution in [0.3, 0.4) is 0 Å². The molecule has 8 aromatic rings. The van der Waals surface area contributed by atoms with Gasteiger partial charge in [0.25, 0.3) is 0 Å². The van der Waals surface area contributed by atoms with Gasteiger partial charge in [-0.15, -0.1) is 0 Å². The monoisotopic (exact) mass is 695 g/mol. The van der Waals surface area contributed by atoms with Gasteiger partial charge in [0.05, 0.1) is 5.69 Å². The van der Waals surface area contributed by atoms with E-state index in [9.17, 15) is 0 Å². The summed E-state index contributed by atoms with van der Waals surface area (Å²) in [5.74, 6) is 0. The van der Waals surface area contributed by atoms with Crippen molar-refractivity contribution in [3.05, 3.63) is 180 Å². The fourth-order valence-corrected chi connectivity index (χ4v) is 10.0. The lowest BCUT2D eigenvalue weighted by atomic mass is 9.78. The Morgan fingerprint density at radius 2 is 1.30 bits per heavy atom. The van der Waals surface area contributed by atoms with E-state index in [1.54, 1.807) is 5.57 Å². The molecule has 0 spiro atoms. The molecule has 0 aliphatic heterocycles. The SMILES string of the molecule is CC1(C)C2=C(C=CCC2)c2c(N(c3ccc(-c4ccc5ccc6oc7ccccc7c6c5c4)cc3)c3ccc4c(c3)-c3ccccc3C4(C)C)cccc21. The summed E-state index contributed by atoms with van der Waals surface area (Å²) in [6.07, 6.45) is 6.96. The quantitative estimate of drug-likeness (QED) is 0.182. The van der Waals surface area contributed by atoms with Gasteiger partial charge in [0, 0.05) is 38.5 Å². The average Bonchev–Trinajstić information content (AvgIpc) is 3.78. The fraction of sp³-hybridized carbons (Fsp3) is 0.154. The zero-order chi connectivity index (χ0) is 36.3. The molecule has 0 saturated carbocycles. The highest BCUT2D eigenvalue weighted by Gasteiger charge is 2.40. The van der Waals surface area contributed by atoms with Gasteiger partial charge >= 0.3 is 0 Å². The molecule has 260 valence electrons. The second-order valence-corrected chi connectivity index (χ2v) is 16.4. The molecule has 7 aromatic carbocycles. The van der Waals surface area contributed by atoms with Gasteiger partial charge in [-0.05, 0) is 117 Å². The first-order valence-electron chi connectivity index (χ1n) is 19.3. The van der Waals surface area contributed by atoms with Crippen molar-refractivity contribution in [3.8, 4) is 22.3 Å². The number of nitrogens with zero attached hydrogens (tertiary/aromatic N) is 1. The van der Waals surface area contributed by atoms with Gasteiger partial charge in [0.2, 0.25) is 0 Å². The summed E-state index contributed by atoms with van der Waals surface area (Å²) < 4.78 is 6.26. The van der Waals surface area contributed by atoms with Crippen molar-refractivity contribution in [1.82, 2.24) is 0 Å². The van der Waals surface area contributed by atoms with Gasteiger partial charge in [-0.3, -0.25) is 0 Å². The molecule has 3 aliphatic rings. The smallest absolute Gasteiger partial charge is 0.136 e. The number of benzene rings is 7. The predicted molar refractivity (Wildman–Crippen MR) is 227 cm³/mol. The lowest BCUT2D eigenvalue weighted by Crippen LogP contribution is -2.18. The number of rotatable bonds is 4. The van der Waals surface area contributed by atoms with Gasteiger partial charge in [-0.2, -0.15) is 0 Å². The van der Waals surface area contributed by atoms with Crippen LogP contribution in [-0.4, -0.2) is 0 Å². The number of hydrogen-bond donors (Lipinski definition) is 0. The van der Waals surface area contributed by atoms with E-state index < -0.39 is 0 Å². The number of anilines is 3. The van der Waals surface area contributed by atoms with E-state index in [1.807, 2.05) is 6.07 Å². The van der Waals surface area contributed by atoms with Crippen LogP contribution in [0, 0.1) is 0 Å². The molecule has 0 atom stereocenters. The largest absolute Gasteiger partial charge is 0.456 e. The molecule has 2 heteroatoms. The molecule has 0 saturated heterocycles. The maximum absolute atomic E-state index is 6.26. The molecule has 0 fully saturated rings. The molecule has 0 unspecified atom stereocenters. The Hall–Kier alpha value is -6.12. The minimum Gasteiger partial charge on any atom is -0.456 e. The summed E-state index contributed by atoms with van der Waals surface area (Å²) in [6.45, 7) is 9.54. The molecule has 2 nitrogen and oxygen atoms in total. The first-order valence-corrected chi connectivity index (χ1v) is 19.3. The minimum atomic E-state index is -0.0459. The normalized spacial score (nSPS) is 16.1. The molecule has 0 bridgehead atoms. The fourth-order valence-electron chi connectivity index (χ4n) is 10.0. The van der Waals surface area contributed by atoms with Crippen LogP contribution in [0.4, 0.5) is 17.1 Å². The zero-order valence-corrected chi connectivity index (χ0v) is 31.2. The summed E-state index contributed by atoms with van der Waals surface area (Å²) in [4.78, 5) is 2.51. The summed E-state index contributed by atoms with van der Waals surface area (Å²) in [6, 6.07) is 51.7. The van der Waals surface area contributed by atoms with E-state index in [4.69, 9.17) is 4.42 Å². The van der Waals surface area contributed by atoms with Crippen LogP contribution < -0.4 is 4.90 Å². The van der Waals surface area contributed by atoms with E-state index in [2.05, 4.69) is 178 Å². The van der Waals surface area contributed by atoms with Crippen molar-refractivity contribution in [3.63, 3.8) is 0 Å². The number of para-hydroxylation sites is 1. The summed E-state index contributed by atoms with van der Waals surface area (Å²) >= 11 is 0. The number of fused-ring (bicyclic) bond motifs is 10. The predicted octanol–water partition coefficient (Wildman–Crippen LogP) is 14.6. The van der Waals surface area contributed by atoms with Crippen LogP contribution in [-0.2, 0) is 10.8 Å². The molecule has 3 aliphatic carbocycles. The Morgan fingerprint density at radius 1 is 0.556 bits per heavy atom. The summed E-state index contributed by atoms with van der Waals surface area (Å²) in [5, 5.41) is 4.77. The Bertz CT molecular complexity index is 2930. The molecule has 0 radical (unpaired) electrons. The molecule has 1 aromatic heterocycles. The highest BCUT2D eigenvalue weighted by atomic mass is 16.3. The van der Waals surface area contributed by atoms with Gasteiger partial charge < -0.3 is 9.32 Å². The highest BCUT2D eigenvalue weighted by molar-refractivity contribution is 6.19. The van der Waals surface area contributed by atoms with Crippen LogP contribution in [0.5, 0.6) is 0 Å². The first kappa shape index (κ1) is 31.4. The van der Waals surface area contributed by atoms with Crippen molar-refractivity contribution < 1.29 is 4.42 Å². The first-order chi connectivity index (χ1) is 26.3. The topological polar surface area (TPSA) is 16.4 Å². The third-order valence-corrected chi connectivity index (χ3v) is 12.8. The lowest BCUT2D eigenvalue weighted by Gasteiger charge is -2.30. The van der Waals surface area contributed by atoms with Crippen molar-refractivity contribution in [2.45, 2.75) is 51.4 Å². The van der Waals surface area contributed by atoms with Gasteiger partial charge in [-0.25, -0.2) is 0 Å². The van der Waals surface area contributed by atoms with E-state index in [0.717, 1.165) is 35.1 Å². The van der Waals surface area contributed by atoms with Crippen LogP contribution >= 0.6 is 0 Å². The number of allylic oxidation sites excluding steroid dienone is 4. The van der Waals surface area contributed by atoms with Crippen LogP contribution in [0.15, 0.2) is 162 Å². The van der Waals surface area contributed by atoms with E-state index in [0.29, 0.717) is 0 Å². The van der Waals surface area contributed by atoms with E-state index in [1.165, 1.54) is 77.6 Å². The van der Waals surface area contributed by atoms with Gasteiger partial charge in [0.1, 0.15) is 11.2 Å². The van der Waals surface area contributed by atoms with E-state index in [-0.39, 0.29) is 10.8 Å². The van der Waals surface area contributed by atoms with Crippen molar-refractivity contribution in [2.24, 2.45) is 0 Å². The molecule has 0 N–H and O–H groups in total. The third kappa shape index (κ3) is 4.34. The molecular formula is C52H41NO. The molecule has 11 rings (SSSR count). The number of hydrogen-bond acceptors (Lipinski definition) is 2. The Labute approximate surface area is 316 Å². The maximum Gasteiger partial charge on any atom is 0.136 e. The van der Waals surface area contributed by atoms with E-state index >= 15 is 0 Å². The van der Waals surface area contributed by atoms with Crippen LogP contribution in [0.25, 0.3) is 60.5 Å². The van der Waals surface area contributed by atoms with Crippen LogP contribution in [0.2, 0.25) is 0 Å². The molecular weight excluding hydrogens is 655 g/mol.